The number of benzene rings is 1. The maximum absolute atomic E-state index is 12.6. The number of amides is 1. The summed E-state index contributed by atoms with van der Waals surface area (Å²) >= 11 is 3.52. The molecule has 30 heavy (non-hydrogen) atoms. The molecule has 1 amide bonds. The zero-order valence-electron chi connectivity index (χ0n) is 18.7. The fourth-order valence-corrected chi connectivity index (χ4v) is 4.74. The number of ether oxygens (including phenoxy) is 1. The van der Waals surface area contributed by atoms with Crippen molar-refractivity contribution in [3.05, 3.63) is 40.0 Å². The monoisotopic (exact) mass is 480 g/mol. The molecule has 166 valence electrons. The molecule has 0 radical (unpaired) electrons. The first kappa shape index (κ1) is 24.3. The third-order valence-electron chi connectivity index (χ3n) is 5.95. The molecular formula is C23H33BrN2O4. The normalized spacial score (nSPS) is 21.5. The summed E-state index contributed by atoms with van der Waals surface area (Å²) in [4.78, 5) is 25.8. The Hall–Kier alpha value is -2.02. The van der Waals surface area contributed by atoms with E-state index in [1.807, 2.05) is 31.2 Å². The van der Waals surface area contributed by atoms with Gasteiger partial charge in [0.15, 0.2) is 0 Å². The molecular weight excluding hydrogens is 448 g/mol. The van der Waals surface area contributed by atoms with Crippen LogP contribution in [0.2, 0.25) is 0 Å². The SMILES string of the molecule is COC(=O)/C(=C(/C)NC(C)C1CCN(C(=O)O)C(C(C)(C)C)C1)c1ccccc1Br. The first-order valence-corrected chi connectivity index (χ1v) is 11.1. The summed E-state index contributed by atoms with van der Waals surface area (Å²) in [6, 6.07) is 7.59. The molecule has 1 saturated heterocycles. The van der Waals surface area contributed by atoms with Gasteiger partial charge in [-0.15, -0.1) is 0 Å². The van der Waals surface area contributed by atoms with Gasteiger partial charge < -0.3 is 20.1 Å². The van der Waals surface area contributed by atoms with Crippen molar-refractivity contribution in [2.75, 3.05) is 13.7 Å². The summed E-state index contributed by atoms with van der Waals surface area (Å²) in [6.07, 6.45) is 0.704. The first-order chi connectivity index (χ1) is 14.0. The number of rotatable bonds is 5. The Kier molecular flexibility index (Phi) is 7.97. The van der Waals surface area contributed by atoms with Crippen molar-refractivity contribution < 1.29 is 19.4 Å². The average Bonchev–Trinajstić information content (AvgIpc) is 2.68. The molecule has 1 fully saturated rings. The second kappa shape index (κ2) is 9.86. The van der Waals surface area contributed by atoms with E-state index in [2.05, 4.69) is 48.9 Å². The van der Waals surface area contributed by atoms with E-state index in [0.29, 0.717) is 12.1 Å². The van der Waals surface area contributed by atoms with Crippen molar-refractivity contribution in [3.63, 3.8) is 0 Å². The van der Waals surface area contributed by atoms with E-state index in [9.17, 15) is 14.7 Å². The fourth-order valence-electron chi connectivity index (χ4n) is 4.26. The van der Waals surface area contributed by atoms with Crippen LogP contribution in [-0.2, 0) is 9.53 Å². The van der Waals surface area contributed by atoms with Crippen molar-refractivity contribution in [2.45, 2.75) is 59.5 Å². The molecule has 1 aromatic rings. The topological polar surface area (TPSA) is 78.9 Å². The number of carbonyl (C=O) groups is 2. The lowest BCUT2D eigenvalue weighted by Gasteiger charge is -2.46. The zero-order chi connectivity index (χ0) is 22.6. The predicted octanol–water partition coefficient (Wildman–Crippen LogP) is 5.14. The second-order valence-electron chi connectivity index (χ2n) is 9.05. The molecule has 1 aliphatic rings. The van der Waals surface area contributed by atoms with Crippen LogP contribution in [0.3, 0.4) is 0 Å². The summed E-state index contributed by atoms with van der Waals surface area (Å²) in [5, 5.41) is 13.1. The van der Waals surface area contributed by atoms with E-state index in [4.69, 9.17) is 4.74 Å². The van der Waals surface area contributed by atoms with E-state index in [0.717, 1.165) is 28.6 Å². The minimum absolute atomic E-state index is 0.0503. The summed E-state index contributed by atoms with van der Waals surface area (Å²) in [5.41, 5.74) is 1.87. The number of likely N-dealkylation sites (tertiary alicyclic amines) is 1. The van der Waals surface area contributed by atoms with Gasteiger partial charge in [0.25, 0.3) is 0 Å². The Morgan fingerprint density at radius 1 is 1.30 bits per heavy atom. The number of carbonyl (C=O) groups excluding carboxylic acids is 1. The third kappa shape index (κ3) is 5.56. The van der Waals surface area contributed by atoms with Crippen molar-refractivity contribution in [1.82, 2.24) is 10.2 Å². The van der Waals surface area contributed by atoms with E-state index in [1.165, 1.54) is 7.11 Å². The van der Waals surface area contributed by atoms with Gasteiger partial charge in [0, 0.05) is 34.4 Å². The van der Waals surface area contributed by atoms with Gasteiger partial charge in [-0.3, -0.25) is 0 Å². The number of esters is 1. The molecule has 3 atom stereocenters. The number of nitrogens with zero attached hydrogens (tertiary/aromatic N) is 1. The standard InChI is InChI=1S/C23H33BrN2O4/c1-14(16-11-12-26(22(28)29)19(13-16)23(3,4)5)25-15(2)20(21(27)30-6)17-9-7-8-10-18(17)24/h7-10,14,16,19,25H,11-13H2,1-6H3,(H,28,29)/b20-15-. The Labute approximate surface area is 187 Å². The Morgan fingerprint density at radius 2 is 1.93 bits per heavy atom. The molecule has 0 bridgehead atoms. The molecule has 6 nitrogen and oxygen atoms in total. The Morgan fingerprint density at radius 3 is 2.47 bits per heavy atom. The molecule has 1 aliphatic heterocycles. The van der Waals surface area contributed by atoms with E-state index >= 15 is 0 Å². The first-order valence-electron chi connectivity index (χ1n) is 10.3. The highest BCUT2D eigenvalue weighted by Gasteiger charge is 2.40. The number of nitrogens with one attached hydrogen (secondary N) is 1. The Balaban J connectivity index is 2.28. The quantitative estimate of drug-likeness (QED) is 0.450. The number of piperidine rings is 1. The van der Waals surface area contributed by atoms with Crippen LogP contribution in [0.4, 0.5) is 4.79 Å². The molecule has 7 heteroatoms. The number of hydrogen-bond donors (Lipinski definition) is 2. The van der Waals surface area contributed by atoms with Gasteiger partial charge in [-0.1, -0.05) is 54.9 Å². The zero-order valence-corrected chi connectivity index (χ0v) is 20.2. The van der Waals surface area contributed by atoms with E-state index < -0.39 is 12.1 Å². The largest absolute Gasteiger partial charge is 0.465 e. The minimum Gasteiger partial charge on any atom is -0.465 e. The van der Waals surface area contributed by atoms with Crippen LogP contribution in [0.5, 0.6) is 0 Å². The molecule has 3 unspecified atom stereocenters. The number of hydrogen-bond acceptors (Lipinski definition) is 4. The Bertz CT molecular complexity index is 816. The number of methoxy groups -OCH3 is 1. The van der Waals surface area contributed by atoms with E-state index in [-0.39, 0.29) is 23.4 Å². The summed E-state index contributed by atoms with van der Waals surface area (Å²) in [5.74, 6) is -0.106. The lowest BCUT2D eigenvalue weighted by molar-refractivity contribution is -0.133. The van der Waals surface area contributed by atoms with Crippen molar-refractivity contribution in [2.24, 2.45) is 11.3 Å². The van der Waals surface area contributed by atoms with Crippen molar-refractivity contribution >= 4 is 33.6 Å². The molecule has 1 aromatic carbocycles. The van der Waals surface area contributed by atoms with Crippen LogP contribution in [0, 0.1) is 11.3 Å². The van der Waals surface area contributed by atoms with E-state index in [1.54, 1.807) is 4.90 Å². The van der Waals surface area contributed by atoms with Crippen molar-refractivity contribution in [3.8, 4) is 0 Å². The van der Waals surface area contributed by atoms with Gasteiger partial charge in [-0.05, 0) is 44.1 Å². The third-order valence-corrected chi connectivity index (χ3v) is 6.64. The lowest BCUT2D eigenvalue weighted by atomic mass is 9.75. The summed E-state index contributed by atoms with van der Waals surface area (Å²) in [7, 11) is 1.38. The second-order valence-corrected chi connectivity index (χ2v) is 9.90. The predicted molar refractivity (Wildman–Crippen MR) is 122 cm³/mol. The van der Waals surface area contributed by atoms with Gasteiger partial charge in [0.1, 0.15) is 0 Å². The van der Waals surface area contributed by atoms with Gasteiger partial charge in [-0.25, -0.2) is 9.59 Å². The average molecular weight is 481 g/mol. The van der Waals surface area contributed by atoms with Crippen LogP contribution >= 0.6 is 15.9 Å². The highest BCUT2D eigenvalue weighted by Crippen LogP contribution is 2.36. The van der Waals surface area contributed by atoms with Gasteiger partial charge in [-0.2, -0.15) is 0 Å². The van der Waals surface area contributed by atoms with Gasteiger partial charge >= 0.3 is 12.1 Å². The van der Waals surface area contributed by atoms with Gasteiger partial charge in [0.2, 0.25) is 0 Å². The van der Waals surface area contributed by atoms with Gasteiger partial charge in [0.05, 0.1) is 12.7 Å². The molecule has 2 N–H and O–H groups in total. The fraction of sp³-hybridized carbons (Fsp3) is 0.565. The molecule has 0 saturated carbocycles. The van der Waals surface area contributed by atoms with Crippen LogP contribution in [0.1, 0.15) is 53.0 Å². The maximum Gasteiger partial charge on any atom is 0.407 e. The number of carboxylic acid groups (broad SMARTS) is 1. The minimum atomic E-state index is -0.855. The number of allylic oxidation sites excluding steroid dienone is 1. The molecule has 2 rings (SSSR count). The smallest absolute Gasteiger partial charge is 0.407 e. The molecule has 0 aliphatic carbocycles. The van der Waals surface area contributed by atoms with Crippen molar-refractivity contribution in [1.29, 1.82) is 0 Å². The highest BCUT2D eigenvalue weighted by atomic mass is 79.9. The summed E-state index contributed by atoms with van der Waals surface area (Å²) in [6.45, 7) is 10.8. The number of halogens is 1. The van der Waals surface area contributed by atoms with Crippen LogP contribution in [0.25, 0.3) is 5.57 Å². The van der Waals surface area contributed by atoms with Crippen LogP contribution in [-0.4, -0.2) is 47.8 Å². The summed E-state index contributed by atoms with van der Waals surface area (Å²) < 4.78 is 5.86. The molecule has 0 spiro atoms. The molecule has 1 heterocycles. The molecule has 0 aromatic heterocycles. The van der Waals surface area contributed by atoms with Crippen LogP contribution in [0.15, 0.2) is 34.4 Å². The lowest BCUT2D eigenvalue weighted by Crippen LogP contribution is -2.54. The highest BCUT2D eigenvalue weighted by molar-refractivity contribution is 9.10. The van der Waals surface area contributed by atoms with Crippen LogP contribution < -0.4 is 5.32 Å². The maximum atomic E-state index is 12.6.